The van der Waals surface area contributed by atoms with Crippen LogP contribution >= 0.6 is 46.1 Å². The lowest BCUT2D eigenvalue weighted by molar-refractivity contribution is -0.140. The second-order valence-electron chi connectivity index (χ2n) is 4.09. The summed E-state index contributed by atoms with van der Waals surface area (Å²) in [6.07, 6.45) is 0.0946. The lowest BCUT2D eigenvalue weighted by Crippen LogP contribution is -2.25. The van der Waals surface area contributed by atoms with Crippen molar-refractivity contribution in [1.82, 2.24) is 5.32 Å². The Balaban J connectivity index is 2.22. The van der Waals surface area contributed by atoms with E-state index in [9.17, 15) is 9.59 Å². The number of ether oxygens (including phenoxy) is 1. The van der Waals surface area contributed by atoms with Crippen molar-refractivity contribution >= 4 is 68.1 Å². The molecule has 0 bridgehead atoms. The van der Waals surface area contributed by atoms with E-state index in [1.165, 1.54) is 18.4 Å². The van der Waals surface area contributed by atoms with E-state index in [1.807, 2.05) is 0 Å². The van der Waals surface area contributed by atoms with Gasteiger partial charge in [-0.2, -0.15) is 0 Å². The molecule has 8 heteroatoms. The summed E-state index contributed by atoms with van der Waals surface area (Å²) < 4.78 is 5.22. The minimum absolute atomic E-state index is 0.0946. The molecule has 0 spiro atoms. The monoisotopic (exact) mass is 365 g/mol. The lowest BCUT2D eigenvalue weighted by atomic mass is 10.2. The van der Waals surface area contributed by atoms with Crippen molar-refractivity contribution in [2.45, 2.75) is 6.42 Å². The molecule has 0 aliphatic heterocycles. The number of carbonyl (C=O) groups excluding carboxylic acids is 2. The van der Waals surface area contributed by atoms with Gasteiger partial charge in [0.2, 0.25) is 0 Å². The summed E-state index contributed by atoms with van der Waals surface area (Å²) >= 11 is 19.4. The van der Waals surface area contributed by atoms with Crippen LogP contribution in [0.3, 0.4) is 0 Å². The van der Waals surface area contributed by atoms with E-state index in [1.54, 1.807) is 12.1 Å². The van der Waals surface area contributed by atoms with Crippen LogP contribution in [0.15, 0.2) is 12.1 Å². The molecular formula is C13H10Cl3NO3S. The van der Waals surface area contributed by atoms with Crippen LogP contribution in [0.5, 0.6) is 0 Å². The molecule has 112 valence electrons. The van der Waals surface area contributed by atoms with Crippen LogP contribution in [-0.2, 0) is 9.53 Å². The van der Waals surface area contributed by atoms with Gasteiger partial charge in [-0.15, -0.1) is 11.3 Å². The molecule has 2 rings (SSSR count). The number of fused-ring (bicyclic) bond motifs is 1. The summed E-state index contributed by atoms with van der Waals surface area (Å²) in [4.78, 5) is 23.4. The molecule has 21 heavy (non-hydrogen) atoms. The van der Waals surface area contributed by atoms with Gasteiger partial charge in [-0.1, -0.05) is 34.8 Å². The molecule has 0 radical (unpaired) electrons. The van der Waals surface area contributed by atoms with E-state index < -0.39 is 5.97 Å². The summed E-state index contributed by atoms with van der Waals surface area (Å²) in [5.41, 5.74) is 0. The van der Waals surface area contributed by atoms with Gasteiger partial charge in [-0.05, 0) is 12.1 Å². The topological polar surface area (TPSA) is 55.4 Å². The fraction of sp³-hybridized carbons (Fsp3) is 0.231. The molecule has 0 atom stereocenters. The fourth-order valence-corrected chi connectivity index (χ4v) is 4.01. The Labute approximate surface area is 139 Å². The van der Waals surface area contributed by atoms with Crippen molar-refractivity contribution in [3.8, 4) is 0 Å². The number of benzene rings is 1. The normalized spacial score (nSPS) is 10.7. The highest BCUT2D eigenvalue weighted by Crippen LogP contribution is 2.41. The molecule has 0 saturated carbocycles. The highest BCUT2D eigenvalue weighted by Gasteiger charge is 2.19. The molecule has 0 fully saturated rings. The Bertz CT molecular complexity index is 714. The molecule has 2 aromatic rings. The van der Waals surface area contributed by atoms with E-state index in [2.05, 4.69) is 10.1 Å². The predicted molar refractivity (Wildman–Crippen MR) is 85.8 cm³/mol. The Hall–Kier alpha value is -1.01. The van der Waals surface area contributed by atoms with Crippen molar-refractivity contribution in [3.05, 3.63) is 32.1 Å². The van der Waals surface area contributed by atoms with Crippen molar-refractivity contribution in [1.29, 1.82) is 0 Å². The average molecular weight is 367 g/mol. The van der Waals surface area contributed by atoms with Gasteiger partial charge in [0.25, 0.3) is 5.91 Å². The summed E-state index contributed by atoms with van der Waals surface area (Å²) in [6, 6.07) is 3.27. The molecule has 1 N–H and O–H groups in total. The number of amides is 1. The van der Waals surface area contributed by atoms with Gasteiger partial charge in [-0.3, -0.25) is 9.59 Å². The smallest absolute Gasteiger partial charge is 0.307 e. The highest BCUT2D eigenvalue weighted by atomic mass is 35.5. The molecule has 4 nitrogen and oxygen atoms in total. The van der Waals surface area contributed by atoms with Gasteiger partial charge in [0.1, 0.15) is 4.88 Å². The van der Waals surface area contributed by atoms with Gasteiger partial charge < -0.3 is 10.1 Å². The Morgan fingerprint density at radius 3 is 2.67 bits per heavy atom. The number of hydrogen-bond acceptors (Lipinski definition) is 4. The largest absolute Gasteiger partial charge is 0.469 e. The fourth-order valence-electron chi connectivity index (χ4n) is 1.72. The third-order valence-electron chi connectivity index (χ3n) is 2.70. The molecule has 1 amide bonds. The molecule has 0 saturated heterocycles. The first-order valence-electron chi connectivity index (χ1n) is 5.86. The molecule has 1 aromatic heterocycles. The molecule has 1 heterocycles. The second kappa shape index (κ2) is 6.83. The lowest BCUT2D eigenvalue weighted by Gasteiger charge is -2.02. The van der Waals surface area contributed by atoms with Gasteiger partial charge in [0.05, 0.1) is 23.6 Å². The van der Waals surface area contributed by atoms with Crippen molar-refractivity contribution in [3.63, 3.8) is 0 Å². The third-order valence-corrected chi connectivity index (χ3v) is 4.84. The first-order chi connectivity index (χ1) is 9.93. The first-order valence-corrected chi connectivity index (χ1v) is 7.81. The Kier molecular flexibility index (Phi) is 5.32. The van der Waals surface area contributed by atoms with Gasteiger partial charge in [0.15, 0.2) is 0 Å². The van der Waals surface area contributed by atoms with E-state index >= 15 is 0 Å². The van der Waals surface area contributed by atoms with Crippen LogP contribution in [-0.4, -0.2) is 25.5 Å². The van der Waals surface area contributed by atoms with Crippen LogP contribution in [0.4, 0.5) is 0 Å². The quantitative estimate of drug-likeness (QED) is 0.827. The summed E-state index contributed by atoms with van der Waals surface area (Å²) in [5, 5.41) is 4.37. The second-order valence-corrected chi connectivity index (χ2v) is 6.36. The molecule has 0 aliphatic carbocycles. The van der Waals surface area contributed by atoms with Gasteiger partial charge in [0, 0.05) is 21.7 Å². The number of esters is 1. The zero-order valence-corrected chi connectivity index (χ0v) is 13.9. The minimum atomic E-state index is -0.396. The number of carbonyl (C=O) groups is 2. The number of nitrogens with one attached hydrogen (secondary N) is 1. The molecule has 1 aromatic carbocycles. The Morgan fingerprint density at radius 2 is 2.00 bits per heavy atom. The van der Waals surface area contributed by atoms with E-state index in [-0.39, 0.29) is 23.9 Å². The van der Waals surface area contributed by atoms with Crippen LogP contribution in [0, 0.1) is 0 Å². The van der Waals surface area contributed by atoms with Crippen LogP contribution in [0.2, 0.25) is 15.1 Å². The summed E-state index contributed by atoms with van der Waals surface area (Å²) in [7, 11) is 1.29. The Morgan fingerprint density at radius 1 is 1.29 bits per heavy atom. The summed E-state index contributed by atoms with van der Waals surface area (Å²) in [6.45, 7) is 0.171. The minimum Gasteiger partial charge on any atom is -0.469 e. The zero-order valence-electron chi connectivity index (χ0n) is 10.8. The predicted octanol–water partition coefficient (Wildman–Crippen LogP) is 4.15. The number of thiophene rings is 1. The highest BCUT2D eigenvalue weighted by molar-refractivity contribution is 7.21. The number of hydrogen-bond donors (Lipinski definition) is 1. The van der Waals surface area contributed by atoms with Crippen molar-refractivity contribution < 1.29 is 14.3 Å². The maximum atomic E-state index is 12.1. The SMILES string of the molecule is COC(=O)CCNC(=O)c1sc2cc(Cl)cc(Cl)c2c1Cl. The van der Waals surface area contributed by atoms with Crippen molar-refractivity contribution in [2.24, 2.45) is 0 Å². The number of halogens is 3. The maximum absolute atomic E-state index is 12.1. The van der Waals surface area contributed by atoms with Gasteiger partial charge >= 0.3 is 5.97 Å². The van der Waals surface area contributed by atoms with Crippen LogP contribution in [0.1, 0.15) is 16.1 Å². The first kappa shape index (κ1) is 16.4. The average Bonchev–Trinajstić information content (AvgIpc) is 2.75. The zero-order chi connectivity index (χ0) is 15.6. The van der Waals surface area contributed by atoms with Crippen LogP contribution in [0.25, 0.3) is 10.1 Å². The third kappa shape index (κ3) is 3.61. The summed E-state index contributed by atoms with van der Waals surface area (Å²) in [5.74, 6) is -0.759. The van der Waals surface area contributed by atoms with E-state index in [4.69, 9.17) is 34.8 Å². The van der Waals surface area contributed by atoms with Crippen LogP contribution < -0.4 is 5.32 Å². The van der Waals surface area contributed by atoms with E-state index in [0.717, 1.165) is 4.70 Å². The van der Waals surface area contributed by atoms with E-state index in [0.29, 0.717) is 20.3 Å². The maximum Gasteiger partial charge on any atom is 0.307 e. The van der Waals surface area contributed by atoms with Gasteiger partial charge in [-0.25, -0.2) is 0 Å². The molecular weight excluding hydrogens is 357 g/mol. The number of rotatable bonds is 4. The molecule has 0 aliphatic rings. The number of methoxy groups -OCH3 is 1. The van der Waals surface area contributed by atoms with Crippen molar-refractivity contribution in [2.75, 3.05) is 13.7 Å². The standard InChI is InChI=1S/C13H10Cl3NO3S/c1-20-9(18)2-3-17-13(19)12-11(16)10-7(15)4-6(14)5-8(10)21-12/h4-5H,2-3H2,1H3,(H,17,19). The molecule has 0 unspecified atom stereocenters.